The SMILES string of the molecule is CC=CCC[C@@H](O)C[C@H](O)CCO. The van der Waals surface area contributed by atoms with Gasteiger partial charge in [-0.1, -0.05) is 12.2 Å². The third-order valence-electron chi connectivity index (χ3n) is 1.91. The molecule has 0 heterocycles. The zero-order valence-electron chi connectivity index (χ0n) is 8.19. The van der Waals surface area contributed by atoms with Crippen molar-refractivity contribution in [1.82, 2.24) is 0 Å². The van der Waals surface area contributed by atoms with Crippen molar-refractivity contribution in [3.63, 3.8) is 0 Å². The van der Waals surface area contributed by atoms with Crippen molar-refractivity contribution >= 4 is 0 Å². The largest absolute Gasteiger partial charge is 0.396 e. The monoisotopic (exact) mass is 188 g/mol. The lowest BCUT2D eigenvalue weighted by molar-refractivity contribution is 0.0608. The van der Waals surface area contributed by atoms with Gasteiger partial charge in [0, 0.05) is 6.61 Å². The maximum absolute atomic E-state index is 9.40. The molecule has 0 aliphatic rings. The molecule has 0 amide bonds. The van der Waals surface area contributed by atoms with Gasteiger partial charge >= 0.3 is 0 Å². The molecule has 0 saturated heterocycles. The van der Waals surface area contributed by atoms with Gasteiger partial charge in [0.1, 0.15) is 0 Å². The van der Waals surface area contributed by atoms with Crippen LogP contribution in [0.1, 0.15) is 32.6 Å². The molecule has 0 saturated carbocycles. The minimum Gasteiger partial charge on any atom is -0.396 e. The Morgan fingerprint density at radius 3 is 2.31 bits per heavy atom. The number of rotatable bonds is 7. The molecule has 0 spiro atoms. The number of allylic oxidation sites excluding steroid dienone is 2. The lowest BCUT2D eigenvalue weighted by Gasteiger charge is -2.13. The van der Waals surface area contributed by atoms with Crippen LogP contribution in [0.3, 0.4) is 0 Å². The Kier molecular flexibility index (Phi) is 7.99. The molecular formula is C10H20O3. The van der Waals surface area contributed by atoms with Crippen molar-refractivity contribution in [2.24, 2.45) is 0 Å². The van der Waals surface area contributed by atoms with Gasteiger partial charge in [-0.2, -0.15) is 0 Å². The van der Waals surface area contributed by atoms with Gasteiger partial charge in [0.2, 0.25) is 0 Å². The van der Waals surface area contributed by atoms with Crippen LogP contribution in [-0.2, 0) is 0 Å². The van der Waals surface area contributed by atoms with Crippen LogP contribution in [-0.4, -0.2) is 34.1 Å². The van der Waals surface area contributed by atoms with E-state index in [9.17, 15) is 10.2 Å². The molecule has 0 aromatic rings. The molecule has 3 heteroatoms. The third kappa shape index (κ3) is 7.96. The molecule has 0 aliphatic carbocycles. The quantitative estimate of drug-likeness (QED) is 0.519. The van der Waals surface area contributed by atoms with Gasteiger partial charge in [-0.3, -0.25) is 0 Å². The summed E-state index contributed by atoms with van der Waals surface area (Å²) in [5.74, 6) is 0. The Bertz CT molecular complexity index is 134. The predicted molar refractivity (Wildman–Crippen MR) is 52.4 cm³/mol. The highest BCUT2D eigenvalue weighted by Crippen LogP contribution is 2.07. The molecule has 0 fully saturated rings. The second kappa shape index (κ2) is 8.23. The molecule has 0 radical (unpaired) electrons. The Hall–Kier alpha value is -0.380. The maximum Gasteiger partial charge on any atom is 0.0586 e. The first-order chi connectivity index (χ1) is 6.20. The molecule has 0 aromatic carbocycles. The Labute approximate surface area is 79.7 Å². The van der Waals surface area contributed by atoms with E-state index in [1.165, 1.54) is 0 Å². The van der Waals surface area contributed by atoms with Gasteiger partial charge in [-0.25, -0.2) is 0 Å². The Morgan fingerprint density at radius 1 is 1.15 bits per heavy atom. The van der Waals surface area contributed by atoms with Gasteiger partial charge in [-0.15, -0.1) is 0 Å². The molecule has 0 aromatic heterocycles. The fraction of sp³-hybridized carbons (Fsp3) is 0.800. The van der Waals surface area contributed by atoms with E-state index in [2.05, 4.69) is 0 Å². The second-order valence-electron chi connectivity index (χ2n) is 3.20. The predicted octanol–water partition coefficient (Wildman–Crippen LogP) is 0.837. The molecule has 0 bridgehead atoms. The van der Waals surface area contributed by atoms with Crippen LogP contribution in [0, 0.1) is 0 Å². The molecule has 13 heavy (non-hydrogen) atoms. The summed E-state index contributed by atoms with van der Waals surface area (Å²) < 4.78 is 0. The zero-order valence-corrected chi connectivity index (χ0v) is 8.19. The zero-order chi connectivity index (χ0) is 10.1. The lowest BCUT2D eigenvalue weighted by Crippen LogP contribution is -2.18. The average Bonchev–Trinajstić information content (AvgIpc) is 2.05. The van der Waals surface area contributed by atoms with Crippen LogP contribution >= 0.6 is 0 Å². The van der Waals surface area contributed by atoms with E-state index in [0.29, 0.717) is 19.3 Å². The first-order valence-electron chi connectivity index (χ1n) is 4.78. The molecule has 0 rings (SSSR count). The number of hydrogen-bond donors (Lipinski definition) is 3. The number of aliphatic hydroxyl groups is 3. The van der Waals surface area contributed by atoms with Crippen LogP contribution in [0.15, 0.2) is 12.2 Å². The van der Waals surface area contributed by atoms with E-state index in [-0.39, 0.29) is 6.61 Å². The van der Waals surface area contributed by atoms with Crippen LogP contribution in [0.2, 0.25) is 0 Å². The molecule has 78 valence electrons. The normalized spacial score (nSPS) is 16.3. The molecule has 0 unspecified atom stereocenters. The van der Waals surface area contributed by atoms with Crippen molar-refractivity contribution in [2.75, 3.05) is 6.61 Å². The van der Waals surface area contributed by atoms with E-state index in [1.807, 2.05) is 19.1 Å². The Morgan fingerprint density at radius 2 is 1.77 bits per heavy atom. The van der Waals surface area contributed by atoms with Gasteiger partial charge in [-0.05, 0) is 32.6 Å². The van der Waals surface area contributed by atoms with Crippen molar-refractivity contribution in [3.05, 3.63) is 12.2 Å². The van der Waals surface area contributed by atoms with Crippen LogP contribution in [0.25, 0.3) is 0 Å². The van der Waals surface area contributed by atoms with E-state index in [0.717, 1.165) is 6.42 Å². The van der Waals surface area contributed by atoms with Crippen molar-refractivity contribution in [1.29, 1.82) is 0 Å². The van der Waals surface area contributed by atoms with E-state index < -0.39 is 12.2 Å². The smallest absolute Gasteiger partial charge is 0.0586 e. The number of aliphatic hydroxyl groups excluding tert-OH is 3. The number of hydrogen-bond acceptors (Lipinski definition) is 3. The van der Waals surface area contributed by atoms with Crippen LogP contribution in [0.4, 0.5) is 0 Å². The summed E-state index contributed by atoms with van der Waals surface area (Å²) in [5, 5.41) is 27.1. The summed E-state index contributed by atoms with van der Waals surface area (Å²) >= 11 is 0. The molecule has 0 aliphatic heterocycles. The highest BCUT2D eigenvalue weighted by molar-refractivity contribution is 4.78. The minimum absolute atomic E-state index is 0.0251. The molecule has 3 N–H and O–H groups in total. The van der Waals surface area contributed by atoms with Crippen LogP contribution < -0.4 is 0 Å². The summed E-state index contributed by atoms with van der Waals surface area (Å²) in [6.45, 7) is 1.91. The van der Waals surface area contributed by atoms with Crippen molar-refractivity contribution < 1.29 is 15.3 Å². The van der Waals surface area contributed by atoms with Crippen molar-refractivity contribution in [2.45, 2.75) is 44.8 Å². The molecule has 3 nitrogen and oxygen atoms in total. The van der Waals surface area contributed by atoms with Crippen molar-refractivity contribution in [3.8, 4) is 0 Å². The summed E-state index contributed by atoms with van der Waals surface area (Å²) in [5.41, 5.74) is 0. The Balaban J connectivity index is 3.43. The molecular weight excluding hydrogens is 168 g/mol. The lowest BCUT2D eigenvalue weighted by atomic mass is 10.1. The van der Waals surface area contributed by atoms with Gasteiger partial charge in [0.15, 0.2) is 0 Å². The van der Waals surface area contributed by atoms with Gasteiger partial charge < -0.3 is 15.3 Å². The topological polar surface area (TPSA) is 60.7 Å². The van der Waals surface area contributed by atoms with Gasteiger partial charge in [0.05, 0.1) is 12.2 Å². The van der Waals surface area contributed by atoms with E-state index >= 15 is 0 Å². The standard InChI is InChI=1S/C10H20O3/c1-2-3-4-5-9(12)8-10(13)6-7-11/h2-3,9-13H,4-8H2,1H3/t9-,10-/m1/s1. The van der Waals surface area contributed by atoms with E-state index in [4.69, 9.17) is 5.11 Å². The highest BCUT2D eigenvalue weighted by Gasteiger charge is 2.10. The summed E-state index contributed by atoms with van der Waals surface area (Å²) in [6.07, 6.45) is 5.11. The summed E-state index contributed by atoms with van der Waals surface area (Å²) in [6, 6.07) is 0. The highest BCUT2D eigenvalue weighted by atomic mass is 16.3. The van der Waals surface area contributed by atoms with E-state index in [1.54, 1.807) is 0 Å². The minimum atomic E-state index is -0.578. The maximum atomic E-state index is 9.40. The first-order valence-corrected chi connectivity index (χ1v) is 4.78. The van der Waals surface area contributed by atoms with Crippen LogP contribution in [0.5, 0.6) is 0 Å². The molecule has 2 atom stereocenters. The van der Waals surface area contributed by atoms with Gasteiger partial charge in [0.25, 0.3) is 0 Å². The second-order valence-corrected chi connectivity index (χ2v) is 3.20. The summed E-state index contributed by atoms with van der Waals surface area (Å²) in [7, 11) is 0. The fourth-order valence-corrected chi connectivity index (χ4v) is 1.15. The summed E-state index contributed by atoms with van der Waals surface area (Å²) in [4.78, 5) is 0. The third-order valence-corrected chi connectivity index (χ3v) is 1.91. The first kappa shape index (κ1) is 12.6. The average molecular weight is 188 g/mol. The fourth-order valence-electron chi connectivity index (χ4n) is 1.15.